The van der Waals surface area contributed by atoms with Gasteiger partial charge < -0.3 is 15.0 Å². The van der Waals surface area contributed by atoms with E-state index in [1.165, 1.54) is 0 Å². The van der Waals surface area contributed by atoms with Gasteiger partial charge in [-0.15, -0.1) is 0 Å². The molecule has 1 aromatic heterocycles. The fourth-order valence-corrected chi connectivity index (χ4v) is 2.52. The summed E-state index contributed by atoms with van der Waals surface area (Å²) in [6, 6.07) is 12.6. The van der Waals surface area contributed by atoms with Crippen molar-refractivity contribution in [3.8, 4) is 6.07 Å². The summed E-state index contributed by atoms with van der Waals surface area (Å²) in [7, 11) is 0. The monoisotopic (exact) mass is 322 g/mol. The van der Waals surface area contributed by atoms with Gasteiger partial charge in [-0.1, -0.05) is 12.1 Å². The molecule has 0 saturated carbocycles. The molecular weight excluding hydrogens is 304 g/mol. The van der Waals surface area contributed by atoms with Crippen molar-refractivity contribution in [3.05, 3.63) is 59.3 Å². The summed E-state index contributed by atoms with van der Waals surface area (Å²) in [6.45, 7) is 3.53. The molecule has 6 heteroatoms. The predicted octanol–water partition coefficient (Wildman–Crippen LogP) is 1.72. The second-order valence-corrected chi connectivity index (χ2v) is 5.50. The van der Waals surface area contributed by atoms with E-state index < -0.39 is 0 Å². The third kappa shape index (κ3) is 3.89. The lowest BCUT2D eigenvalue weighted by Gasteiger charge is -2.27. The van der Waals surface area contributed by atoms with Gasteiger partial charge in [-0.25, -0.2) is 4.98 Å². The molecule has 1 N–H and O–H groups in total. The third-order valence-electron chi connectivity index (χ3n) is 3.85. The summed E-state index contributed by atoms with van der Waals surface area (Å²) in [6.07, 6.45) is 1.77. The largest absolute Gasteiger partial charge is 0.378 e. The van der Waals surface area contributed by atoms with E-state index in [0.29, 0.717) is 17.7 Å². The van der Waals surface area contributed by atoms with Crippen LogP contribution in [0.25, 0.3) is 0 Å². The van der Waals surface area contributed by atoms with Crippen LogP contribution in [0.5, 0.6) is 0 Å². The van der Waals surface area contributed by atoms with Crippen molar-refractivity contribution in [2.24, 2.45) is 0 Å². The number of aromatic nitrogens is 1. The molecule has 0 atom stereocenters. The first kappa shape index (κ1) is 16.0. The molecule has 0 radical (unpaired) electrons. The normalized spacial score (nSPS) is 14.0. The molecule has 2 heterocycles. The van der Waals surface area contributed by atoms with Gasteiger partial charge in [0.05, 0.1) is 24.8 Å². The number of morpholine rings is 1. The lowest BCUT2D eigenvalue weighted by atomic mass is 10.1. The van der Waals surface area contributed by atoms with Gasteiger partial charge in [-0.3, -0.25) is 4.79 Å². The summed E-state index contributed by atoms with van der Waals surface area (Å²) in [4.78, 5) is 18.8. The highest BCUT2D eigenvalue weighted by molar-refractivity contribution is 5.94. The minimum Gasteiger partial charge on any atom is -0.378 e. The Balaban J connectivity index is 1.58. The molecule has 122 valence electrons. The number of nitrogens with one attached hydrogen (secondary N) is 1. The summed E-state index contributed by atoms with van der Waals surface area (Å²) in [5.74, 6) is 0.722. The van der Waals surface area contributed by atoms with E-state index in [2.05, 4.69) is 15.2 Å². The Labute approximate surface area is 140 Å². The highest BCUT2D eigenvalue weighted by Crippen LogP contribution is 2.13. The molecule has 0 unspecified atom stereocenters. The molecule has 1 aliphatic rings. The number of amides is 1. The topological polar surface area (TPSA) is 78.2 Å². The van der Waals surface area contributed by atoms with Gasteiger partial charge in [0.15, 0.2) is 0 Å². The number of carbonyl (C=O) groups is 1. The van der Waals surface area contributed by atoms with Crippen LogP contribution in [0.15, 0.2) is 42.6 Å². The lowest BCUT2D eigenvalue weighted by molar-refractivity contribution is 0.0951. The number of pyridine rings is 1. The van der Waals surface area contributed by atoms with Crippen LogP contribution in [0.3, 0.4) is 0 Å². The third-order valence-corrected chi connectivity index (χ3v) is 3.85. The maximum Gasteiger partial charge on any atom is 0.251 e. The van der Waals surface area contributed by atoms with Crippen molar-refractivity contribution in [1.29, 1.82) is 5.26 Å². The molecular formula is C18H18N4O2. The molecule has 3 rings (SSSR count). The quantitative estimate of drug-likeness (QED) is 0.927. The highest BCUT2D eigenvalue weighted by Gasteiger charge is 2.12. The Hall–Kier alpha value is -2.91. The van der Waals surface area contributed by atoms with Crippen LogP contribution in [0, 0.1) is 11.3 Å². The molecule has 0 aliphatic carbocycles. The highest BCUT2D eigenvalue weighted by atomic mass is 16.5. The number of anilines is 1. The molecule has 1 aliphatic heterocycles. The van der Waals surface area contributed by atoms with Crippen molar-refractivity contribution in [2.75, 3.05) is 31.2 Å². The Morgan fingerprint density at radius 1 is 1.29 bits per heavy atom. The standard InChI is InChI=1S/C18H18N4O2/c19-11-14-2-1-3-16(10-14)18(23)21-13-15-4-5-17(20-12-15)22-6-8-24-9-7-22/h1-5,10,12H,6-9,13H2,(H,21,23). The number of nitriles is 1. The molecule has 24 heavy (non-hydrogen) atoms. The first-order valence-electron chi connectivity index (χ1n) is 7.82. The molecule has 2 aromatic rings. The van der Waals surface area contributed by atoms with Crippen molar-refractivity contribution >= 4 is 11.7 Å². The Bertz CT molecular complexity index is 746. The summed E-state index contributed by atoms with van der Waals surface area (Å²) in [5.41, 5.74) is 1.88. The van der Waals surface area contributed by atoms with Crippen LogP contribution in [0.1, 0.15) is 21.5 Å². The second kappa shape index (κ2) is 7.57. The second-order valence-electron chi connectivity index (χ2n) is 5.50. The Kier molecular flexibility index (Phi) is 5.04. The molecule has 1 saturated heterocycles. The van der Waals surface area contributed by atoms with E-state index >= 15 is 0 Å². The van der Waals surface area contributed by atoms with Crippen LogP contribution in [-0.2, 0) is 11.3 Å². The van der Waals surface area contributed by atoms with E-state index in [1.807, 2.05) is 18.2 Å². The van der Waals surface area contributed by atoms with E-state index in [-0.39, 0.29) is 5.91 Å². The minimum absolute atomic E-state index is 0.204. The van der Waals surface area contributed by atoms with Crippen LogP contribution in [-0.4, -0.2) is 37.2 Å². The van der Waals surface area contributed by atoms with E-state index in [1.54, 1.807) is 30.5 Å². The maximum absolute atomic E-state index is 12.1. The smallest absolute Gasteiger partial charge is 0.251 e. The Morgan fingerprint density at radius 2 is 2.12 bits per heavy atom. The maximum atomic E-state index is 12.1. The number of hydrogen-bond acceptors (Lipinski definition) is 5. The molecule has 1 amide bonds. The van der Waals surface area contributed by atoms with Crippen molar-refractivity contribution in [1.82, 2.24) is 10.3 Å². The Morgan fingerprint density at radius 3 is 2.83 bits per heavy atom. The number of hydrogen-bond donors (Lipinski definition) is 1. The average Bonchev–Trinajstić information content (AvgIpc) is 2.67. The SMILES string of the molecule is N#Cc1cccc(C(=O)NCc2ccc(N3CCOCC3)nc2)c1. The fourth-order valence-electron chi connectivity index (χ4n) is 2.52. The van der Waals surface area contributed by atoms with Crippen LogP contribution < -0.4 is 10.2 Å². The van der Waals surface area contributed by atoms with Crippen LogP contribution >= 0.6 is 0 Å². The first-order valence-corrected chi connectivity index (χ1v) is 7.82. The van der Waals surface area contributed by atoms with Gasteiger partial charge in [0.2, 0.25) is 0 Å². The molecule has 1 aromatic carbocycles. The number of ether oxygens (including phenoxy) is 1. The number of carbonyl (C=O) groups excluding carboxylic acids is 1. The molecule has 0 bridgehead atoms. The van der Waals surface area contributed by atoms with Crippen LogP contribution in [0.4, 0.5) is 5.82 Å². The number of benzene rings is 1. The predicted molar refractivity (Wildman–Crippen MR) is 89.6 cm³/mol. The van der Waals surface area contributed by atoms with Gasteiger partial charge in [0, 0.05) is 31.4 Å². The van der Waals surface area contributed by atoms with Gasteiger partial charge in [-0.05, 0) is 29.8 Å². The summed E-state index contributed by atoms with van der Waals surface area (Å²) in [5, 5.41) is 11.7. The molecule has 6 nitrogen and oxygen atoms in total. The average molecular weight is 322 g/mol. The molecule has 1 fully saturated rings. The van der Waals surface area contributed by atoms with E-state index in [4.69, 9.17) is 10.00 Å². The fraction of sp³-hybridized carbons (Fsp3) is 0.278. The van der Waals surface area contributed by atoms with Crippen LogP contribution in [0.2, 0.25) is 0 Å². The molecule has 0 spiro atoms. The van der Waals surface area contributed by atoms with E-state index in [0.717, 1.165) is 37.7 Å². The lowest BCUT2D eigenvalue weighted by Crippen LogP contribution is -2.36. The summed E-state index contributed by atoms with van der Waals surface area (Å²) < 4.78 is 5.33. The minimum atomic E-state index is -0.204. The zero-order chi connectivity index (χ0) is 16.8. The van der Waals surface area contributed by atoms with Crippen molar-refractivity contribution in [2.45, 2.75) is 6.54 Å². The van der Waals surface area contributed by atoms with Crippen molar-refractivity contribution < 1.29 is 9.53 Å². The zero-order valence-corrected chi connectivity index (χ0v) is 13.2. The van der Waals surface area contributed by atoms with E-state index in [9.17, 15) is 4.79 Å². The summed E-state index contributed by atoms with van der Waals surface area (Å²) >= 11 is 0. The van der Waals surface area contributed by atoms with Gasteiger partial charge >= 0.3 is 0 Å². The first-order chi connectivity index (χ1) is 11.8. The van der Waals surface area contributed by atoms with Crippen molar-refractivity contribution in [3.63, 3.8) is 0 Å². The number of nitrogens with zero attached hydrogens (tertiary/aromatic N) is 3. The van der Waals surface area contributed by atoms with Gasteiger partial charge in [-0.2, -0.15) is 5.26 Å². The van der Waals surface area contributed by atoms with Gasteiger partial charge in [0.25, 0.3) is 5.91 Å². The zero-order valence-electron chi connectivity index (χ0n) is 13.2. The van der Waals surface area contributed by atoms with Gasteiger partial charge in [0.1, 0.15) is 5.82 Å². The number of rotatable bonds is 4.